The van der Waals surface area contributed by atoms with Crippen LogP contribution in [-0.4, -0.2) is 6.04 Å². The largest absolute Gasteiger partial charge is 0.328 e. The van der Waals surface area contributed by atoms with Gasteiger partial charge < -0.3 is 5.73 Å². The first-order valence-electron chi connectivity index (χ1n) is 13.0. The van der Waals surface area contributed by atoms with Gasteiger partial charge in [0.1, 0.15) is 0 Å². The van der Waals surface area contributed by atoms with Gasteiger partial charge in [0.2, 0.25) is 0 Å². The van der Waals surface area contributed by atoms with Crippen molar-refractivity contribution in [1.29, 1.82) is 0 Å². The average molecular weight is 388 g/mol. The van der Waals surface area contributed by atoms with E-state index in [1.54, 1.807) is 0 Å². The van der Waals surface area contributed by atoms with Crippen molar-refractivity contribution in [2.75, 3.05) is 0 Å². The summed E-state index contributed by atoms with van der Waals surface area (Å²) in [4.78, 5) is 0. The van der Waals surface area contributed by atoms with Gasteiger partial charge >= 0.3 is 0 Å². The Bertz CT molecular complexity index is 540. The van der Waals surface area contributed by atoms with Crippen LogP contribution in [-0.2, 0) is 0 Å². The van der Waals surface area contributed by atoms with Crippen LogP contribution >= 0.6 is 0 Å². The molecule has 4 fully saturated rings. The van der Waals surface area contributed by atoms with E-state index in [-0.39, 0.29) is 0 Å². The second-order valence-electron chi connectivity index (χ2n) is 12.7. The van der Waals surface area contributed by atoms with Gasteiger partial charge in [-0.25, -0.2) is 0 Å². The fourth-order valence-corrected chi connectivity index (χ4v) is 9.32. The second-order valence-corrected chi connectivity index (χ2v) is 12.7. The molecule has 9 atom stereocenters. The van der Waals surface area contributed by atoms with Gasteiger partial charge in [-0.1, -0.05) is 53.9 Å². The third-order valence-electron chi connectivity index (χ3n) is 10.9. The van der Waals surface area contributed by atoms with E-state index in [2.05, 4.69) is 34.6 Å². The molecule has 0 aromatic heterocycles. The van der Waals surface area contributed by atoms with E-state index in [4.69, 9.17) is 5.73 Å². The Balaban J connectivity index is 1.46. The number of hydrogen-bond donors (Lipinski definition) is 1. The molecule has 4 aliphatic rings. The van der Waals surface area contributed by atoms with Crippen LogP contribution in [0.3, 0.4) is 0 Å². The van der Waals surface area contributed by atoms with Gasteiger partial charge in [0.05, 0.1) is 0 Å². The molecule has 1 nitrogen and oxygen atoms in total. The summed E-state index contributed by atoms with van der Waals surface area (Å²) in [7, 11) is 0. The van der Waals surface area contributed by atoms with Crippen LogP contribution in [0.1, 0.15) is 112 Å². The van der Waals surface area contributed by atoms with Gasteiger partial charge in [0, 0.05) is 6.04 Å². The zero-order valence-corrected chi connectivity index (χ0v) is 19.7. The molecule has 0 saturated heterocycles. The number of fused-ring (bicyclic) bond motifs is 5. The fraction of sp³-hybridized carbons (Fsp3) is 1.00. The van der Waals surface area contributed by atoms with E-state index in [0.29, 0.717) is 16.9 Å². The van der Waals surface area contributed by atoms with Gasteiger partial charge in [-0.15, -0.1) is 0 Å². The molecule has 162 valence electrons. The second kappa shape index (κ2) is 7.90. The minimum atomic E-state index is 0.492. The monoisotopic (exact) mass is 387 g/mol. The Kier molecular flexibility index (Phi) is 5.98. The SMILES string of the molecule is CC(C)CCC[C@@H](C)[C@H]1CC[C@H]2[C@@H]3CC[C@@H]4C[C@@H](N)CC[C@]4(C)[C@H]3CC[C@]12C. The minimum Gasteiger partial charge on any atom is -0.328 e. The smallest absolute Gasteiger partial charge is 0.00418 e. The molecular weight excluding hydrogens is 338 g/mol. The maximum Gasteiger partial charge on any atom is 0.00418 e. The highest BCUT2D eigenvalue weighted by Crippen LogP contribution is 2.68. The van der Waals surface area contributed by atoms with Crippen molar-refractivity contribution >= 4 is 0 Å². The maximum atomic E-state index is 6.39. The Morgan fingerprint density at radius 1 is 0.821 bits per heavy atom. The molecule has 0 aromatic rings. The predicted molar refractivity (Wildman–Crippen MR) is 121 cm³/mol. The van der Waals surface area contributed by atoms with Crippen molar-refractivity contribution < 1.29 is 0 Å². The van der Waals surface area contributed by atoms with Gasteiger partial charge in [-0.05, 0) is 110 Å². The fourth-order valence-electron chi connectivity index (χ4n) is 9.32. The molecule has 0 radical (unpaired) electrons. The Hall–Kier alpha value is -0.0400. The summed E-state index contributed by atoms with van der Waals surface area (Å²) in [6.07, 6.45) is 17.5. The van der Waals surface area contributed by atoms with Crippen molar-refractivity contribution in [2.24, 2.45) is 58.0 Å². The topological polar surface area (TPSA) is 26.0 Å². The molecule has 4 aliphatic carbocycles. The first-order chi connectivity index (χ1) is 13.3. The van der Waals surface area contributed by atoms with Crippen molar-refractivity contribution in [1.82, 2.24) is 0 Å². The molecule has 4 rings (SSSR count). The summed E-state index contributed by atoms with van der Waals surface area (Å²) in [5.74, 6) is 6.79. The predicted octanol–water partition coefficient (Wildman–Crippen LogP) is 7.44. The minimum absolute atomic E-state index is 0.492. The highest BCUT2D eigenvalue weighted by molar-refractivity contribution is 5.09. The highest BCUT2D eigenvalue weighted by atomic mass is 14.7. The van der Waals surface area contributed by atoms with Crippen LogP contribution in [0.25, 0.3) is 0 Å². The van der Waals surface area contributed by atoms with Crippen LogP contribution < -0.4 is 5.73 Å². The Morgan fingerprint density at radius 3 is 2.29 bits per heavy atom. The summed E-state index contributed by atoms with van der Waals surface area (Å²) in [5, 5.41) is 0. The zero-order valence-electron chi connectivity index (χ0n) is 19.7. The van der Waals surface area contributed by atoms with Gasteiger partial charge in [-0.2, -0.15) is 0 Å². The van der Waals surface area contributed by atoms with E-state index in [1.807, 2.05) is 0 Å². The molecule has 1 heteroatoms. The van der Waals surface area contributed by atoms with Crippen LogP contribution in [0.2, 0.25) is 0 Å². The molecular formula is C27H49N. The lowest BCUT2D eigenvalue weighted by Crippen LogP contribution is -2.54. The van der Waals surface area contributed by atoms with Crippen LogP contribution in [0.4, 0.5) is 0 Å². The first-order valence-corrected chi connectivity index (χ1v) is 13.0. The number of rotatable bonds is 5. The van der Waals surface area contributed by atoms with Gasteiger partial charge in [0.25, 0.3) is 0 Å². The lowest BCUT2D eigenvalue weighted by atomic mass is 9.44. The molecule has 0 aromatic carbocycles. The lowest BCUT2D eigenvalue weighted by Gasteiger charge is -2.61. The van der Waals surface area contributed by atoms with E-state index in [0.717, 1.165) is 41.4 Å². The van der Waals surface area contributed by atoms with Gasteiger partial charge in [-0.3, -0.25) is 0 Å². The summed E-state index contributed by atoms with van der Waals surface area (Å²) >= 11 is 0. The molecule has 0 unspecified atom stereocenters. The molecule has 0 heterocycles. The molecule has 0 bridgehead atoms. The van der Waals surface area contributed by atoms with E-state index in [1.165, 1.54) is 77.0 Å². The third kappa shape index (κ3) is 3.50. The third-order valence-corrected chi connectivity index (χ3v) is 10.9. The summed E-state index contributed by atoms with van der Waals surface area (Å²) in [5.41, 5.74) is 7.64. The van der Waals surface area contributed by atoms with Crippen molar-refractivity contribution in [2.45, 2.75) is 118 Å². The molecule has 2 N–H and O–H groups in total. The van der Waals surface area contributed by atoms with Crippen LogP contribution in [0, 0.1) is 52.3 Å². The van der Waals surface area contributed by atoms with Crippen molar-refractivity contribution in [3.05, 3.63) is 0 Å². The summed E-state index contributed by atoms with van der Waals surface area (Å²) < 4.78 is 0. The standard InChI is InChI=1S/C27H49N/c1-18(2)7-6-8-19(3)23-11-12-24-22-10-9-20-17-21(28)13-15-26(20,4)25(22)14-16-27(23,24)5/h18-25H,6-17,28H2,1-5H3/t19-,20-,21+,22+,23-,24+,25+,26+,27-/m1/s1. The number of nitrogens with two attached hydrogens (primary N) is 1. The van der Waals surface area contributed by atoms with Crippen molar-refractivity contribution in [3.63, 3.8) is 0 Å². The van der Waals surface area contributed by atoms with Crippen molar-refractivity contribution in [3.8, 4) is 0 Å². The lowest BCUT2D eigenvalue weighted by molar-refractivity contribution is -0.116. The molecule has 4 saturated carbocycles. The van der Waals surface area contributed by atoms with Crippen LogP contribution in [0.15, 0.2) is 0 Å². The highest BCUT2D eigenvalue weighted by Gasteiger charge is 2.60. The molecule has 28 heavy (non-hydrogen) atoms. The summed E-state index contributed by atoms with van der Waals surface area (Å²) in [6.45, 7) is 12.8. The van der Waals surface area contributed by atoms with E-state index in [9.17, 15) is 0 Å². The van der Waals surface area contributed by atoms with Crippen LogP contribution in [0.5, 0.6) is 0 Å². The van der Waals surface area contributed by atoms with Gasteiger partial charge in [0.15, 0.2) is 0 Å². The number of hydrogen-bond acceptors (Lipinski definition) is 1. The maximum absolute atomic E-state index is 6.39. The quantitative estimate of drug-likeness (QED) is 0.521. The normalized spacial score (nSPS) is 49.4. The molecule has 0 spiro atoms. The molecule has 0 amide bonds. The summed E-state index contributed by atoms with van der Waals surface area (Å²) in [6, 6.07) is 0.492. The van der Waals surface area contributed by atoms with E-state index >= 15 is 0 Å². The Morgan fingerprint density at radius 2 is 1.54 bits per heavy atom. The zero-order chi connectivity index (χ0) is 20.1. The molecule has 0 aliphatic heterocycles. The average Bonchev–Trinajstić information content (AvgIpc) is 2.99. The Labute approximate surface area is 176 Å². The van der Waals surface area contributed by atoms with E-state index < -0.39 is 0 Å². The first kappa shape index (κ1) is 21.2.